The maximum atomic E-state index is 4.35. The molecule has 112 valence electrons. The summed E-state index contributed by atoms with van der Waals surface area (Å²) in [6, 6.07) is 11.7. The number of aromatic nitrogens is 2. The Kier molecular flexibility index (Phi) is 4.25. The number of nitrogens with zero attached hydrogens (tertiary/aromatic N) is 3. The predicted octanol–water partition coefficient (Wildman–Crippen LogP) is 2.74. The van der Waals surface area contributed by atoms with Crippen LogP contribution in [0.5, 0.6) is 0 Å². The minimum atomic E-state index is 0.378. The second kappa shape index (κ2) is 6.31. The summed E-state index contributed by atoms with van der Waals surface area (Å²) in [5, 5.41) is 8.05. The lowest BCUT2D eigenvalue weighted by Gasteiger charge is -2.41. The summed E-state index contributed by atoms with van der Waals surface area (Å²) in [5.74, 6) is 0. The van der Waals surface area contributed by atoms with Crippen LogP contribution in [0.4, 0.5) is 5.69 Å². The van der Waals surface area contributed by atoms with Crippen molar-refractivity contribution >= 4 is 5.69 Å². The van der Waals surface area contributed by atoms with Crippen LogP contribution >= 0.6 is 0 Å². The first-order chi connectivity index (χ1) is 10.3. The molecule has 1 aliphatic heterocycles. The number of anilines is 1. The van der Waals surface area contributed by atoms with Gasteiger partial charge in [0.15, 0.2) is 0 Å². The van der Waals surface area contributed by atoms with Gasteiger partial charge in [0.1, 0.15) is 0 Å². The van der Waals surface area contributed by atoms with Crippen LogP contribution in [0.25, 0.3) is 0 Å². The number of hydrogen-bond acceptors (Lipinski definition) is 3. The van der Waals surface area contributed by atoms with Gasteiger partial charge in [-0.1, -0.05) is 43.7 Å². The van der Waals surface area contributed by atoms with Gasteiger partial charge in [-0.2, -0.15) is 5.10 Å². The summed E-state index contributed by atoms with van der Waals surface area (Å²) in [4.78, 5) is 2.50. The third kappa shape index (κ3) is 3.10. The SMILES string of the molecule is CCCC1CN(c2cnn(C)c2)C(c2ccccc2)CN1. The summed E-state index contributed by atoms with van der Waals surface area (Å²) in [6.07, 6.45) is 6.53. The molecule has 1 aliphatic rings. The second-order valence-electron chi connectivity index (χ2n) is 5.84. The van der Waals surface area contributed by atoms with Gasteiger partial charge < -0.3 is 10.2 Å². The van der Waals surface area contributed by atoms with E-state index in [-0.39, 0.29) is 0 Å². The van der Waals surface area contributed by atoms with Crippen LogP contribution < -0.4 is 10.2 Å². The molecular weight excluding hydrogens is 260 g/mol. The minimum absolute atomic E-state index is 0.378. The van der Waals surface area contributed by atoms with E-state index in [1.54, 1.807) is 0 Å². The molecule has 0 spiro atoms. The summed E-state index contributed by atoms with van der Waals surface area (Å²) < 4.78 is 1.88. The molecule has 0 radical (unpaired) electrons. The minimum Gasteiger partial charge on any atom is -0.359 e. The molecule has 1 aromatic heterocycles. The van der Waals surface area contributed by atoms with Gasteiger partial charge in [-0.15, -0.1) is 0 Å². The van der Waals surface area contributed by atoms with Crippen molar-refractivity contribution in [2.75, 3.05) is 18.0 Å². The molecule has 0 saturated carbocycles. The molecule has 1 N–H and O–H groups in total. The third-order valence-electron chi connectivity index (χ3n) is 4.24. The number of piperazine rings is 1. The van der Waals surface area contributed by atoms with Crippen LogP contribution in [0.15, 0.2) is 42.7 Å². The number of rotatable bonds is 4. The van der Waals surface area contributed by atoms with E-state index in [0.29, 0.717) is 12.1 Å². The van der Waals surface area contributed by atoms with Crippen molar-refractivity contribution in [3.63, 3.8) is 0 Å². The maximum Gasteiger partial charge on any atom is 0.0758 e. The lowest BCUT2D eigenvalue weighted by atomic mass is 9.99. The van der Waals surface area contributed by atoms with Crippen molar-refractivity contribution in [3.05, 3.63) is 48.3 Å². The van der Waals surface area contributed by atoms with E-state index >= 15 is 0 Å². The molecule has 21 heavy (non-hydrogen) atoms. The molecule has 0 aliphatic carbocycles. The zero-order valence-corrected chi connectivity index (χ0v) is 12.9. The van der Waals surface area contributed by atoms with E-state index in [1.807, 2.05) is 17.9 Å². The monoisotopic (exact) mass is 284 g/mol. The normalized spacial score (nSPS) is 22.5. The molecule has 0 amide bonds. The van der Waals surface area contributed by atoms with E-state index < -0.39 is 0 Å². The Morgan fingerprint density at radius 3 is 2.76 bits per heavy atom. The topological polar surface area (TPSA) is 33.1 Å². The quantitative estimate of drug-likeness (QED) is 0.937. The Hall–Kier alpha value is -1.81. The molecular formula is C17H24N4. The van der Waals surface area contributed by atoms with Crippen LogP contribution in [0.1, 0.15) is 31.4 Å². The first-order valence-corrected chi connectivity index (χ1v) is 7.81. The smallest absolute Gasteiger partial charge is 0.0758 e. The summed E-state index contributed by atoms with van der Waals surface area (Å²) in [7, 11) is 1.98. The molecule has 3 rings (SSSR count). The Morgan fingerprint density at radius 1 is 1.29 bits per heavy atom. The Balaban J connectivity index is 1.87. The average Bonchev–Trinajstić information content (AvgIpc) is 2.95. The lowest BCUT2D eigenvalue weighted by Crippen LogP contribution is -2.52. The van der Waals surface area contributed by atoms with Crippen LogP contribution in [-0.4, -0.2) is 28.9 Å². The predicted molar refractivity (Wildman–Crippen MR) is 86.4 cm³/mol. The molecule has 4 heteroatoms. The van der Waals surface area contributed by atoms with Gasteiger partial charge >= 0.3 is 0 Å². The fourth-order valence-corrected chi connectivity index (χ4v) is 3.17. The van der Waals surface area contributed by atoms with Gasteiger partial charge in [0.05, 0.1) is 17.9 Å². The van der Waals surface area contributed by atoms with Crippen molar-refractivity contribution < 1.29 is 0 Å². The molecule has 4 nitrogen and oxygen atoms in total. The summed E-state index contributed by atoms with van der Waals surface area (Å²) in [6.45, 7) is 4.28. The van der Waals surface area contributed by atoms with Crippen LogP contribution in [0.3, 0.4) is 0 Å². The number of hydrogen-bond donors (Lipinski definition) is 1. The Morgan fingerprint density at radius 2 is 2.10 bits per heavy atom. The van der Waals surface area contributed by atoms with E-state index in [1.165, 1.54) is 24.1 Å². The zero-order chi connectivity index (χ0) is 14.7. The highest BCUT2D eigenvalue weighted by molar-refractivity contribution is 5.47. The van der Waals surface area contributed by atoms with Crippen LogP contribution in [0.2, 0.25) is 0 Å². The van der Waals surface area contributed by atoms with Gasteiger partial charge in [-0.3, -0.25) is 4.68 Å². The van der Waals surface area contributed by atoms with Crippen molar-refractivity contribution in [3.8, 4) is 0 Å². The fourth-order valence-electron chi connectivity index (χ4n) is 3.17. The number of aryl methyl sites for hydroxylation is 1. The maximum absolute atomic E-state index is 4.35. The van der Waals surface area contributed by atoms with Gasteiger partial charge in [0, 0.05) is 32.4 Å². The van der Waals surface area contributed by atoms with E-state index in [4.69, 9.17) is 0 Å². The molecule has 1 saturated heterocycles. The largest absolute Gasteiger partial charge is 0.359 e. The van der Waals surface area contributed by atoms with Crippen molar-refractivity contribution in [2.45, 2.75) is 31.8 Å². The highest BCUT2D eigenvalue weighted by atomic mass is 15.3. The standard InChI is InChI=1S/C17H24N4/c1-3-7-15-12-21(16-10-19-20(2)13-16)17(11-18-15)14-8-5-4-6-9-14/h4-6,8-10,13,15,17-18H,3,7,11-12H2,1-2H3. The molecule has 2 heterocycles. The highest BCUT2D eigenvalue weighted by Crippen LogP contribution is 2.29. The van der Waals surface area contributed by atoms with E-state index in [2.05, 4.69) is 58.8 Å². The summed E-state index contributed by atoms with van der Waals surface area (Å²) in [5.41, 5.74) is 2.58. The molecule has 2 unspecified atom stereocenters. The van der Waals surface area contributed by atoms with E-state index in [9.17, 15) is 0 Å². The first-order valence-electron chi connectivity index (χ1n) is 7.81. The van der Waals surface area contributed by atoms with Crippen molar-refractivity contribution in [1.29, 1.82) is 0 Å². The third-order valence-corrected chi connectivity index (χ3v) is 4.24. The van der Waals surface area contributed by atoms with Crippen molar-refractivity contribution in [1.82, 2.24) is 15.1 Å². The van der Waals surface area contributed by atoms with Crippen LogP contribution in [0, 0.1) is 0 Å². The molecule has 2 aromatic rings. The second-order valence-corrected chi connectivity index (χ2v) is 5.84. The fraction of sp³-hybridized carbons (Fsp3) is 0.471. The van der Waals surface area contributed by atoms with Gasteiger partial charge in [-0.25, -0.2) is 0 Å². The van der Waals surface area contributed by atoms with Gasteiger partial charge in [0.25, 0.3) is 0 Å². The van der Waals surface area contributed by atoms with Crippen LogP contribution in [-0.2, 0) is 7.05 Å². The Bertz CT molecular complexity index is 563. The highest BCUT2D eigenvalue weighted by Gasteiger charge is 2.29. The number of benzene rings is 1. The summed E-state index contributed by atoms with van der Waals surface area (Å²) >= 11 is 0. The molecule has 2 atom stereocenters. The Labute approximate surface area is 126 Å². The van der Waals surface area contributed by atoms with Gasteiger partial charge in [0.2, 0.25) is 0 Å². The molecule has 1 aromatic carbocycles. The zero-order valence-electron chi connectivity index (χ0n) is 12.9. The first kappa shape index (κ1) is 14.1. The number of nitrogens with one attached hydrogen (secondary N) is 1. The molecule has 1 fully saturated rings. The average molecular weight is 284 g/mol. The lowest BCUT2D eigenvalue weighted by molar-refractivity contribution is 0.379. The van der Waals surface area contributed by atoms with Crippen molar-refractivity contribution in [2.24, 2.45) is 7.05 Å². The van der Waals surface area contributed by atoms with Gasteiger partial charge in [-0.05, 0) is 12.0 Å². The van der Waals surface area contributed by atoms with E-state index in [0.717, 1.165) is 13.1 Å². The molecule has 0 bridgehead atoms.